The van der Waals surface area contributed by atoms with Gasteiger partial charge in [-0.25, -0.2) is 0 Å². The van der Waals surface area contributed by atoms with E-state index in [0.717, 1.165) is 30.7 Å². The van der Waals surface area contributed by atoms with Crippen LogP contribution in [0.3, 0.4) is 0 Å². The van der Waals surface area contributed by atoms with E-state index in [4.69, 9.17) is 0 Å². The molecule has 0 unspecified atom stereocenters. The molecule has 3 aliphatic carbocycles. The Morgan fingerprint density at radius 3 is 2.63 bits per heavy atom. The number of rotatable bonds is 7. The zero-order valence-corrected chi connectivity index (χ0v) is 18.8. The van der Waals surface area contributed by atoms with Crippen LogP contribution in [0.2, 0.25) is 0 Å². The van der Waals surface area contributed by atoms with Gasteiger partial charge in [0.1, 0.15) is 0 Å². The van der Waals surface area contributed by atoms with Gasteiger partial charge >= 0.3 is 0 Å². The summed E-state index contributed by atoms with van der Waals surface area (Å²) in [6.07, 6.45) is 9.31. The second-order valence-corrected chi connectivity index (χ2v) is 10.8. The number of carbonyl (C=O) groups excluding carboxylic acids is 1. The van der Waals surface area contributed by atoms with Crippen molar-refractivity contribution in [3.63, 3.8) is 0 Å². The summed E-state index contributed by atoms with van der Waals surface area (Å²) in [5.74, 6) is 3.87. The highest BCUT2D eigenvalue weighted by Crippen LogP contribution is 2.63. The molecule has 8 atom stereocenters. The lowest BCUT2D eigenvalue weighted by atomic mass is 9.51. The quantitative estimate of drug-likeness (QED) is 0.582. The molecule has 0 heterocycles. The molecule has 0 radical (unpaired) electrons. The van der Waals surface area contributed by atoms with E-state index in [9.17, 15) is 15.0 Å². The summed E-state index contributed by atoms with van der Waals surface area (Å²) in [5.41, 5.74) is 0.820. The minimum Gasteiger partial charge on any atom is -0.396 e. The molecular weight excluding hydrogens is 372 g/mol. The van der Waals surface area contributed by atoms with Crippen molar-refractivity contribution in [1.29, 1.82) is 0 Å². The van der Waals surface area contributed by atoms with Gasteiger partial charge in [-0.05, 0) is 85.9 Å². The molecule has 0 aromatic heterocycles. The van der Waals surface area contributed by atoms with Crippen LogP contribution in [0, 0.1) is 40.9 Å². The smallest absolute Gasteiger partial charge is 0.162 e. The van der Waals surface area contributed by atoms with Crippen LogP contribution in [0.25, 0.3) is 0 Å². The average Bonchev–Trinajstić information content (AvgIpc) is 3.12. The number of aliphatic hydroxyl groups excluding tert-OH is 2. The molecule has 1 aromatic rings. The Balaban J connectivity index is 1.41. The Kier molecular flexibility index (Phi) is 6.70. The first-order valence-corrected chi connectivity index (χ1v) is 12.3. The Morgan fingerprint density at radius 1 is 1.13 bits per heavy atom. The van der Waals surface area contributed by atoms with Crippen molar-refractivity contribution in [2.75, 3.05) is 6.61 Å². The predicted octanol–water partition coefficient (Wildman–Crippen LogP) is 5.50. The average molecular weight is 413 g/mol. The maximum Gasteiger partial charge on any atom is 0.162 e. The number of aliphatic hydroxyl groups is 2. The highest BCUT2D eigenvalue weighted by atomic mass is 16.3. The summed E-state index contributed by atoms with van der Waals surface area (Å²) in [7, 11) is 0. The molecule has 3 fully saturated rings. The molecule has 0 bridgehead atoms. The summed E-state index contributed by atoms with van der Waals surface area (Å²) >= 11 is 0. The molecular formula is C27H40O3. The zero-order chi connectivity index (χ0) is 21.3. The Labute approximate surface area is 182 Å². The molecule has 4 rings (SSSR count). The molecule has 0 saturated heterocycles. The first-order valence-electron chi connectivity index (χ1n) is 12.3. The molecule has 3 nitrogen and oxygen atoms in total. The SMILES string of the molecule is C[C@@H](CCC(=O)c1ccccc1)[C@H]1CC[C@H]2[C@H]3CC[C@H](CCO)C[C@@H]3C[C@@H](O)[C@]12C. The van der Waals surface area contributed by atoms with E-state index >= 15 is 0 Å². The molecule has 3 heteroatoms. The third-order valence-corrected chi connectivity index (χ3v) is 9.44. The lowest BCUT2D eigenvalue weighted by Crippen LogP contribution is -2.53. The summed E-state index contributed by atoms with van der Waals surface area (Å²) in [6.45, 7) is 4.98. The van der Waals surface area contributed by atoms with Gasteiger partial charge in [0.05, 0.1) is 6.10 Å². The van der Waals surface area contributed by atoms with E-state index in [0.29, 0.717) is 42.6 Å². The molecule has 2 N–H and O–H groups in total. The van der Waals surface area contributed by atoms with Crippen LogP contribution in [0.4, 0.5) is 0 Å². The van der Waals surface area contributed by atoms with Crippen LogP contribution >= 0.6 is 0 Å². The van der Waals surface area contributed by atoms with E-state index in [-0.39, 0.29) is 17.3 Å². The fraction of sp³-hybridized carbons (Fsp3) is 0.741. The molecule has 0 amide bonds. The molecule has 0 spiro atoms. The zero-order valence-electron chi connectivity index (χ0n) is 18.8. The maximum absolute atomic E-state index is 12.6. The largest absolute Gasteiger partial charge is 0.396 e. The standard InChI is InChI=1S/C27H40O3/c1-18(8-13-25(29)20-6-4-3-5-7-20)23-11-12-24-22-10-9-19(14-15-28)16-21(22)17-26(30)27(23,24)2/h3-7,18-19,21-24,26,28,30H,8-17H2,1-2H3/t18-,19+,21+,22-,23+,24-,26+,27+/m0/s1. The Bertz CT molecular complexity index is 716. The minimum atomic E-state index is -0.226. The lowest BCUT2D eigenvalue weighted by molar-refractivity contribution is -0.124. The van der Waals surface area contributed by atoms with Crippen LogP contribution in [0.15, 0.2) is 30.3 Å². The van der Waals surface area contributed by atoms with Crippen molar-refractivity contribution in [2.24, 2.45) is 40.9 Å². The number of hydrogen-bond donors (Lipinski definition) is 2. The highest BCUT2D eigenvalue weighted by molar-refractivity contribution is 5.95. The van der Waals surface area contributed by atoms with E-state index < -0.39 is 0 Å². The normalized spacial score (nSPS) is 39.2. The van der Waals surface area contributed by atoms with Crippen LogP contribution in [0.1, 0.15) is 82.0 Å². The molecule has 3 aliphatic rings. The van der Waals surface area contributed by atoms with E-state index in [2.05, 4.69) is 13.8 Å². The monoisotopic (exact) mass is 412 g/mol. The third kappa shape index (κ3) is 4.00. The van der Waals surface area contributed by atoms with Gasteiger partial charge in [-0.2, -0.15) is 0 Å². The fourth-order valence-corrected chi connectivity index (χ4v) is 7.82. The number of hydrogen-bond acceptors (Lipinski definition) is 3. The molecule has 1 aromatic carbocycles. The van der Waals surface area contributed by atoms with Gasteiger partial charge in [0.15, 0.2) is 5.78 Å². The summed E-state index contributed by atoms with van der Waals surface area (Å²) in [4.78, 5) is 12.6. The van der Waals surface area contributed by atoms with Gasteiger partial charge in [0.25, 0.3) is 0 Å². The first kappa shape index (κ1) is 22.0. The minimum absolute atomic E-state index is 0.000192. The van der Waals surface area contributed by atoms with Crippen LogP contribution < -0.4 is 0 Å². The predicted molar refractivity (Wildman–Crippen MR) is 120 cm³/mol. The van der Waals surface area contributed by atoms with Gasteiger partial charge in [-0.1, -0.05) is 50.6 Å². The van der Waals surface area contributed by atoms with E-state index in [1.165, 1.54) is 32.1 Å². The molecule has 3 saturated carbocycles. The number of Topliss-reactive ketones (excluding diaryl/α,β-unsaturated/α-hetero) is 1. The second kappa shape index (κ2) is 9.12. The Hall–Kier alpha value is -1.19. The topological polar surface area (TPSA) is 57.5 Å². The summed E-state index contributed by atoms with van der Waals surface area (Å²) in [6, 6.07) is 9.65. The van der Waals surface area contributed by atoms with Crippen molar-refractivity contribution in [3.05, 3.63) is 35.9 Å². The second-order valence-electron chi connectivity index (χ2n) is 10.8. The number of benzene rings is 1. The van der Waals surface area contributed by atoms with Crippen LogP contribution in [-0.4, -0.2) is 28.7 Å². The maximum atomic E-state index is 12.6. The Morgan fingerprint density at radius 2 is 1.90 bits per heavy atom. The number of ketones is 1. The van der Waals surface area contributed by atoms with Crippen LogP contribution in [-0.2, 0) is 0 Å². The van der Waals surface area contributed by atoms with Crippen molar-refractivity contribution >= 4 is 5.78 Å². The van der Waals surface area contributed by atoms with Crippen molar-refractivity contribution in [2.45, 2.75) is 77.7 Å². The van der Waals surface area contributed by atoms with Crippen molar-refractivity contribution < 1.29 is 15.0 Å². The van der Waals surface area contributed by atoms with E-state index in [1.807, 2.05) is 30.3 Å². The summed E-state index contributed by atoms with van der Waals surface area (Å²) in [5, 5.41) is 20.7. The van der Waals surface area contributed by atoms with Crippen molar-refractivity contribution in [3.8, 4) is 0 Å². The third-order valence-electron chi connectivity index (χ3n) is 9.44. The molecule has 0 aliphatic heterocycles. The number of fused-ring (bicyclic) bond motifs is 3. The van der Waals surface area contributed by atoms with Crippen LogP contribution in [0.5, 0.6) is 0 Å². The van der Waals surface area contributed by atoms with Gasteiger partial charge in [0, 0.05) is 18.6 Å². The lowest BCUT2D eigenvalue weighted by Gasteiger charge is -2.55. The highest BCUT2D eigenvalue weighted by Gasteiger charge is 2.59. The first-order chi connectivity index (χ1) is 14.4. The fourth-order valence-electron chi connectivity index (χ4n) is 7.82. The van der Waals surface area contributed by atoms with Crippen molar-refractivity contribution in [1.82, 2.24) is 0 Å². The van der Waals surface area contributed by atoms with Gasteiger partial charge < -0.3 is 10.2 Å². The molecule has 166 valence electrons. The van der Waals surface area contributed by atoms with Gasteiger partial charge in [-0.3, -0.25) is 4.79 Å². The van der Waals surface area contributed by atoms with Gasteiger partial charge in [0.2, 0.25) is 0 Å². The molecule has 30 heavy (non-hydrogen) atoms. The van der Waals surface area contributed by atoms with E-state index in [1.54, 1.807) is 0 Å². The van der Waals surface area contributed by atoms with Gasteiger partial charge in [-0.15, -0.1) is 0 Å². The number of carbonyl (C=O) groups is 1. The summed E-state index contributed by atoms with van der Waals surface area (Å²) < 4.78 is 0.